The smallest absolute Gasteiger partial charge is 0.139 e. The van der Waals surface area contributed by atoms with Crippen LogP contribution in [0, 0.1) is 24.1 Å². The first-order chi connectivity index (χ1) is 17.5. The van der Waals surface area contributed by atoms with Crippen molar-refractivity contribution >= 4 is 27.6 Å². The first-order valence-corrected chi connectivity index (χ1v) is 12.3. The summed E-state index contributed by atoms with van der Waals surface area (Å²) in [6.45, 7) is 2.06. The number of hydrogen-bond donors (Lipinski definition) is 3. The number of nitrogens with zero attached hydrogens (tertiary/aromatic N) is 3. The van der Waals surface area contributed by atoms with E-state index < -0.39 is 0 Å². The predicted molar refractivity (Wildman–Crippen MR) is 140 cm³/mol. The summed E-state index contributed by atoms with van der Waals surface area (Å²) in [7, 11) is 0. The molecule has 0 saturated heterocycles. The molecule has 2 heterocycles. The van der Waals surface area contributed by atoms with Gasteiger partial charge in [-0.05, 0) is 81.1 Å². The van der Waals surface area contributed by atoms with E-state index in [0.29, 0.717) is 16.9 Å². The highest BCUT2D eigenvalue weighted by atomic mass is 19.1. The lowest BCUT2D eigenvalue weighted by Gasteiger charge is -2.27. The SMILES string of the molecule is Cc1cc2c(-c3nc4ccc(F)cc4[nH]3)cccc2n1-c1ccc(C#N)c(N[C@H]2CC[C@H](O)CC2)c1. The van der Waals surface area contributed by atoms with E-state index in [2.05, 4.69) is 40.0 Å². The Morgan fingerprint density at radius 1 is 1.08 bits per heavy atom. The number of imidazole rings is 1. The van der Waals surface area contributed by atoms with Gasteiger partial charge in [-0.1, -0.05) is 12.1 Å². The van der Waals surface area contributed by atoms with Crippen molar-refractivity contribution in [2.45, 2.75) is 44.8 Å². The Hall–Kier alpha value is -4.15. The average Bonchev–Trinajstić information content (AvgIpc) is 3.45. The molecule has 6 rings (SSSR count). The van der Waals surface area contributed by atoms with E-state index in [4.69, 9.17) is 4.98 Å². The van der Waals surface area contributed by atoms with Gasteiger partial charge in [0.15, 0.2) is 0 Å². The summed E-state index contributed by atoms with van der Waals surface area (Å²) in [6.07, 6.45) is 3.09. The van der Waals surface area contributed by atoms with E-state index in [1.54, 1.807) is 6.07 Å². The number of aromatic nitrogens is 3. The fourth-order valence-electron chi connectivity index (χ4n) is 5.35. The Morgan fingerprint density at radius 3 is 2.72 bits per heavy atom. The molecule has 1 fully saturated rings. The van der Waals surface area contributed by atoms with Crippen molar-refractivity contribution < 1.29 is 9.50 Å². The number of aliphatic hydroxyl groups is 1. The molecule has 0 spiro atoms. The molecule has 36 heavy (non-hydrogen) atoms. The van der Waals surface area contributed by atoms with E-state index in [-0.39, 0.29) is 18.0 Å². The summed E-state index contributed by atoms with van der Waals surface area (Å²) in [5.74, 6) is 0.396. The van der Waals surface area contributed by atoms with Crippen molar-refractivity contribution in [1.82, 2.24) is 14.5 Å². The summed E-state index contributed by atoms with van der Waals surface area (Å²) < 4.78 is 15.9. The maximum absolute atomic E-state index is 13.7. The Balaban J connectivity index is 1.42. The summed E-state index contributed by atoms with van der Waals surface area (Å²) in [5, 5.41) is 24.1. The Kier molecular flexibility index (Phi) is 5.46. The number of fused-ring (bicyclic) bond motifs is 2. The van der Waals surface area contributed by atoms with Crippen LogP contribution < -0.4 is 5.32 Å². The highest BCUT2D eigenvalue weighted by Crippen LogP contribution is 2.34. The first kappa shape index (κ1) is 22.3. The number of aryl methyl sites for hydroxylation is 1. The van der Waals surface area contributed by atoms with Crippen LogP contribution in [0.4, 0.5) is 10.1 Å². The van der Waals surface area contributed by atoms with Gasteiger partial charge in [-0.3, -0.25) is 0 Å². The lowest BCUT2D eigenvalue weighted by molar-refractivity contribution is 0.126. The van der Waals surface area contributed by atoms with Crippen LogP contribution in [0.1, 0.15) is 36.9 Å². The minimum absolute atomic E-state index is 0.223. The zero-order chi connectivity index (χ0) is 24.8. The van der Waals surface area contributed by atoms with Crippen LogP contribution in [0.25, 0.3) is 39.0 Å². The van der Waals surface area contributed by atoms with Crippen molar-refractivity contribution in [2.75, 3.05) is 5.32 Å². The molecule has 180 valence electrons. The maximum atomic E-state index is 13.7. The topological polar surface area (TPSA) is 89.7 Å². The lowest BCUT2D eigenvalue weighted by Crippen LogP contribution is -2.28. The molecule has 1 aliphatic rings. The van der Waals surface area contributed by atoms with Crippen LogP contribution in [-0.4, -0.2) is 31.8 Å². The van der Waals surface area contributed by atoms with Gasteiger partial charge in [0.05, 0.1) is 33.9 Å². The molecule has 3 N–H and O–H groups in total. The molecule has 0 radical (unpaired) electrons. The number of aliphatic hydroxyl groups excluding tert-OH is 1. The molecule has 0 amide bonds. The fraction of sp³-hybridized carbons (Fsp3) is 0.241. The first-order valence-electron chi connectivity index (χ1n) is 12.3. The molecule has 7 heteroatoms. The second-order valence-electron chi connectivity index (χ2n) is 9.60. The number of H-pyrrole nitrogens is 1. The number of hydrogen-bond acceptors (Lipinski definition) is 4. The van der Waals surface area contributed by atoms with Crippen LogP contribution in [0.5, 0.6) is 0 Å². The third-order valence-corrected chi connectivity index (χ3v) is 7.17. The zero-order valence-electron chi connectivity index (χ0n) is 19.9. The molecule has 1 saturated carbocycles. The van der Waals surface area contributed by atoms with Crippen LogP contribution >= 0.6 is 0 Å². The molecule has 0 unspecified atom stereocenters. The van der Waals surface area contributed by atoms with Crippen LogP contribution in [-0.2, 0) is 0 Å². The molecule has 0 aliphatic heterocycles. The number of aromatic amines is 1. The molecular weight excluding hydrogens is 453 g/mol. The van der Waals surface area contributed by atoms with Crippen LogP contribution in [0.3, 0.4) is 0 Å². The van der Waals surface area contributed by atoms with Crippen molar-refractivity contribution in [3.05, 3.63) is 77.7 Å². The van der Waals surface area contributed by atoms with Gasteiger partial charge in [-0.2, -0.15) is 5.26 Å². The summed E-state index contributed by atoms with van der Waals surface area (Å²) in [6, 6.07) is 21.2. The third-order valence-electron chi connectivity index (χ3n) is 7.17. The van der Waals surface area contributed by atoms with Gasteiger partial charge in [0.1, 0.15) is 17.7 Å². The standard InChI is InChI=1S/C29H26FN5O/c1-17-13-24-23(29-33-25-12-6-19(30)14-27(25)34-29)3-2-4-28(24)35(17)21-9-5-18(16-31)26(15-21)32-20-7-10-22(36)11-8-20/h2-6,9,12-15,20,22,32,36H,7-8,10-11H2,1H3,(H,33,34)/t20-,22-. The molecular formula is C29H26FN5O. The Labute approximate surface area is 208 Å². The molecule has 6 nitrogen and oxygen atoms in total. The predicted octanol–water partition coefficient (Wildman–Crippen LogP) is 6.21. The van der Waals surface area contributed by atoms with E-state index in [9.17, 15) is 14.8 Å². The fourth-order valence-corrected chi connectivity index (χ4v) is 5.35. The van der Waals surface area contributed by atoms with Crippen molar-refractivity contribution in [3.8, 4) is 23.1 Å². The minimum Gasteiger partial charge on any atom is -0.393 e. The summed E-state index contributed by atoms with van der Waals surface area (Å²) in [4.78, 5) is 7.96. The molecule has 1 aliphatic carbocycles. The second kappa shape index (κ2) is 8.81. The van der Waals surface area contributed by atoms with Gasteiger partial charge < -0.3 is 20.0 Å². The monoisotopic (exact) mass is 479 g/mol. The molecule has 2 aromatic heterocycles. The third kappa shape index (κ3) is 3.90. The number of anilines is 1. The lowest BCUT2D eigenvalue weighted by atomic mass is 9.93. The number of nitriles is 1. The highest BCUT2D eigenvalue weighted by molar-refractivity contribution is 5.97. The molecule has 5 aromatic rings. The number of nitrogens with one attached hydrogen (secondary N) is 2. The average molecular weight is 480 g/mol. The van der Waals surface area contributed by atoms with E-state index >= 15 is 0 Å². The van der Waals surface area contributed by atoms with Gasteiger partial charge in [0.2, 0.25) is 0 Å². The summed E-state index contributed by atoms with van der Waals surface area (Å²) in [5.41, 5.74) is 6.78. The largest absolute Gasteiger partial charge is 0.393 e. The molecule has 0 bridgehead atoms. The normalized spacial score (nSPS) is 17.9. The van der Waals surface area contributed by atoms with Gasteiger partial charge in [-0.15, -0.1) is 0 Å². The highest BCUT2D eigenvalue weighted by Gasteiger charge is 2.21. The van der Waals surface area contributed by atoms with E-state index in [1.807, 2.05) is 30.3 Å². The van der Waals surface area contributed by atoms with Crippen LogP contribution in [0.2, 0.25) is 0 Å². The second-order valence-corrected chi connectivity index (χ2v) is 9.60. The number of rotatable bonds is 4. The maximum Gasteiger partial charge on any atom is 0.139 e. The van der Waals surface area contributed by atoms with Crippen LogP contribution in [0.15, 0.2) is 60.7 Å². The van der Waals surface area contributed by atoms with Gasteiger partial charge in [0.25, 0.3) is 0 Å². The van der Waals surface area contributed by atoms with Gasteiger partial charge in [0, 0.05) is 28.4 Å². The Morgan fingerprint density at radius 2 is 1.92 bits per heavy atom. The van der Waals surface area contributed by atoms with Gasteiger partial charge >= 0.3 is 0 Å². The summed E-state index contributed by atoms with van der Waals surface area (Å²) >= 11 is 0. The zero-order valence-corrected chi connectivity index (χ0v) is 19.9. The molecule has 3 aromatic carbocycles. The van der Waals surface area contributed by atoms with E-state index in [1.165, 1.54) is 12.1 Å². The Bertz CT molecular complexity index is 1640. The van der Waals surface area contributed by atoms with Crippen molar-refractivity contribution in [1.29, 1.82) is 5.26 Å². The van der Waals surface area contributed by atoms with Crippen molar-refractivity contribution in [3.63, 3.8) is 0 Å². The van der Waals surface area contributed by atoms with Gasteiger partial charge in [-0.25, -0.2) is 9.37 Å². The van der Waals surface area contributed by atoms with E-state index in [0.717, 1.165) is 64.7 Å². The quantitative estimate of drug-likeness (QED) is 0.286. The number of halogens is 1. The minimum atomic E-state index is -0.299. The van der Waals surface area contributed by atoms with Crippen molar-refractivity contribution in [2.24, 2.45) is 0 Å². The number of benzene rings is 3. The molecule has 0 atom stereocenters.